The van der Waals surface area contributed by atoms with E-state index >= 15 is 0 Å². The number of nitro benzene ring substituents is 1. The molecule has 0 bridgehead atoms. The number of hydrogen-bond acceptors (Lipinski definition) is 6. The van der Waals surface area contributed by atoms with E-state index in [0.717, 1.165) is 18.2 Å². The van der Waals surface area contributed by atoms with Gasteiger partial charge >= 0.3 is 0 Å². The van der Waals surface area contributed by atoms with Crippen LogP contribution in [0.1, 0.15) is 11.1 Å². The van der Waals surface area contributed by atoms with Gasteiger partial charge < -0.3 is 0 Å². The lowest BCUT2D eigenvalue weighted by Gasteiger charge is -2.14. The van der Waals surface area contributed by atoms with Crippen molar-refractivity contribution in [3.8, 4) is 0 Å². The number of para-hydroxylation sites is 1. The summed E-state index contributed by atoms with van der Waals surface area (Å²) in [6.07, 6.45) is 0. The highest BCUT2D eigenvalue weighted by molar-refractivity contribution is 7.93. The highest BCUT2D eigenvalue weighted by Crippen LogP contribution is 2.27. The Morgan fingerprint density at radius 1 is 0.844 bits per heavy atom. The summed E-state index contributed by atoms with van der Waals surface area (Å²) in [5.41, 5.74) is -0.133. The first-order valence-electron chi connectivity index (χ1n) is 9.06. The number of aryl methyl sites for hydroxylation is 2. The number of hydrogen-bond donors (Lipinski definition) is 2. The van der Waals surface area contributed by atoms with Crippen molar-refractivity contribution >= 4 is 37.1 Å². The van der Waals surface area contributed by atoms with Crippen LogP contribution in [0, 0.1) is 29.8 Å². The van der Waals surface area contributed by atoms with Crippen molar-refractivity contribution in [2.24, 2.45) is 0 Å². The summed E-state index contributed by atoms with van der Waals surface area (Å²) in [7, 11) is -8.50. The van der Waals surface area contributed by atoms with E-state index < -0.39 is 30.8 Å². The minimum atomic E-state index is -4.26. The summed E-state index contributed by atoms with van der Waals surface area (Å²) in [6.45, 7) is 2.97. The molecule has 9 nitrogen and oxygen atoms in total. The first-order valence-corrected chi connectivity index (χ1v) is 12.0. The van der Waals surface area contributed by atoms with Crippen molar-refractivity contribution in [1.29, 1.82) is 0 Å². The van der Waals surface area contributed by atoms with Crippen LogP contribution < -0.4 is 9.44 Å². The molecule has 0 saturated heterocycles. The Hall–Kier alpha value is -3.51. The van der Waals surface area contributed by atoms with Crippen LogP contribution >= 0.6 is 0 Å². The highest BCUT2D eigenvalue weighted by Gasteiger charge is 2.23. The fourth-order valence-corrected chi connectivity index (χ4v) is 5.27. The SMILES string of the molecule is Cc1ccc(S(=O)(=O)Nc2ccc(C)c(S(=O)(=O)Nc3ccccc3F)c2)cc1[N+](=O)[O-]. The Kier molecular flexibility index (Phi) is 6.19. The van der Waals surface area contributed by atoms with Gasteiger partial charge in [-0.1, -0.05) is 24.3 Å². The zero-order chi connectivity index (χ0) is 23.7. The molecule has 0 heterocycles. The molecule has 0 radical (unpaired) electrons. The lowest BCUT2D eigenvalue weighted by Crippen LogP contribution is -2.17. The lowest BCUT2D eigenvalue weighted by molar-refractivity contribution is -0.385. The van der Waals surface area contributed by atoms with E-state index in [1.54, 1.807) is 0 Å². The quantitative estimate of drug-likeness (QED) is 0.389. The molecule has 168 valence electrons. The molecule has 0 aliphatic carbocycles. The van der Waals surface area contributed by atoms with Crippen LogP contribution in [0.15, 0.2) is 70.5 Å². The topological polar surface area (TPSA) is 135 Å². The van der Waals surface area contributed by atoms with Gasteiger partial charge in [0.15, 0.2) is 0 Å². The van der Waals surface area contributed by atoms with Gasteiger partial charge in [-0.2, -0.15) is 0 Å². The molecule has 2 N–H and O–H groups in total. The van der Waals surface area contributed by atoms with E-state index in [9.17, 15) is 31.3 Å². The van der Waals surface area contributed by atoms with E-state index in [4.69, 9.17) is 0 Å². The van der Waals surface area contributed by atoms with Gasteiger partial charge in [0, 0.05) is 11.6 Å². The number of anilines is 2. The van der Waals surface area contributed by atoms with Gasteiger partial charge in [0.1, 0.15) is 5.82 Å². The van der Waals surface area contributed by atoms with Gasteiger partial charge in [0.2, 0.25) is 0 Å². The molecule has 12 heteroatoms. The van der Waals surface area contributed by atoms with Crippen molar-refractivity contribution in [2.45, 2.75) is 23.6 Å². The molecule has 0 atom stereocenters. The second-order valence-corrected chi connectivity index (χ2v) is 10.2. The summed E-state index contributed by atoms with van der Waals surface area (Å²) in [4.78, 5) is 9.80. The predicted molar refractivity (Wildman–Crippen MR) is 117 cm³/mol. The van der Waals surface area contributed by atoms with E-state index in [-0.39, 0.29) is 32.4 Å². The van der Waals surface area contributed by atoms with Gasteiger partial charge in [-0.05, 0) is 49.7 Å². The normalized spacial score (nSPS) is 11.7. The Morgan fingerprint density at radius 3 is 2.16 bits per heavy atom. The van der Waals surface area contributed by atoms with E-state index in [1.165, 1.54) is 56.3 Å². The van der Waals surface area contributed by atoms with Crippen LogP contribution in [-0.4, -0.2) is 21.8 Å². The third kappa shape index (κ3) is 4.86. The molecule has 0 aliphatic rings. The van der Waals surface area contributed by atoms with E-state index in [0.29, 0.717) is 5.56 Å². The Balaban J connectivity index is 1.96. The molecule has 0 aliphatic heterocycles. The summed E-state index contributed by atoms with van der Waals surface area (Å²) in [5.74, 6) is -0.772. The zero-order valence-corrected chi connectivity index (χ0v) is 18.5. The molecule has 0 unspecified atom stereocenters. The molecule has 0 aromatic heterocycles. The Morgan fingerprint density at radius 2 is 1.50 bits per heavy atom. The molecule has 0 saturated carbocycles. The van der Waals surface area contributed by atoms with Crippen LogP contribution in [0.4, 0.5) is 21.5 Å². The highest BCUT2D eigenvalue weighted by atomic mass is 32.2. The van der Waals surface area contributed by atoms with Crippen LogP contribution in [0.25, 0.3) is 0 Å². The summed E-state index contributed by atoms with van der Waals surface area (Å²) in [6, 6.07) is 12.4. The van der Waals surface area contributed by atoms with Crippen LogP contribution in [-0.2, 0) is 20.0 Å². The van der Waals surface area contributed by atoms with E-state index in [1.807, 2.05) is 0 Å². The average Bonchev–Trinajstić information content (AvgIpc) is 2.70. The summed E-state index contributed by atoms with van der Waals surface area (Å²) in [5, 5.41) is 11.1. The lowest BCUT2D eigenvalue weighted by atomic mass is 10.2. The molecular weight excluding hydrogens is 461 g/mol. The molecule has 0 spiro atoms. The number of benzene rings is 3. The number of nitrogens with zero attached hydrogens (tertiary/aromatic N) is 1. The van der Waals surface area contributed by atoms with Gasteiger partial charge in [0.25, 0.3) is 25.7 Å². The number of halogens is 1. The number of nitrogens with one attached hydrogen (secondary N) is 2. The smallest absolute Gasteiger partial charge is 0.273 e. The van der Waals surface area contributed by atoms with Crippen LogP contribution in [0.2, 0.25) is 0 Å². The molecule has 3 aromatic carbocycles. The first-order chi connectivity index (χ1) is 14.9. The molecular formula is C20H18FN3O6S2. The van der Waals surface area contributed by atoms with Crippen molar-refractivity contribution in [2.75, 3.05) is 9.44 Å². The maximum absolute atomic E-state index is 13.9. The Bertz CT molecular complexity index is 1420. The second kappa shape index (κ2) is 8.55. The maximum Gasteiger partial charge on any atom is 0.273 e. The number of sulfonamides is 2. The zero-order valence-electron chi connectivity index (χ0n) is 16.9. The monoisotopic (exact) mass is 479 g/mol. The standard InChI is InChI=1S/C20H18FN3O6S2/c1-13-8-10-16(12-19(13)24(25)26)31(27,28)22-15-9-7-14(2)20(11-15)32(29,30)23-18-6-4-3-5-17(18)21/h3-12,22-23H,1-2H3. The average molecular weight is 480 g/mol. The predicted octanol–water partition coefficient (Wildman–Crippen LogP) is 3.95. The molecule has 32 heavy (non-hydrogen) atoms. The van der Waals surface area contributed by atoms with Crippen molar-refractivity contribution in [1.82, 2.24) is 0 Å². The first kappa shape index (κ1) is 23.2. The van der Waals surface area contributed by atoms with Crippen LogP contribution in [0.5, 0.6) is 0 Å². The fraction of sp³-hybridized carbons (Fsp3) is 0.100. The summed E-state index contributed by atoms with van der Waals surface area (Å²) >= 11 is 0. The van der Waals surface area contributed by atoms with Gasteiger partial charge in [0.05, 0.1) is 26.1 Å². The minimum Gasteiger partial charge on any atom is -0.280 e. The molecule has 3 aromatic rings. The molecule has 3 rings (SSSR count). The largest absolute Gasteiger partial charge is 0.280 e. The maximum atomic E-state index is 13.9. The van der Waals surface area contributed by atoms with Crippen molar-refractivity contribution in [3.63, 3.8) is 0 Å². The third-order valence-electron chi connectivity index (χ3n) is 4.54. The number of nitro groups is 1. The fourth-order valence-electron chi connectivity index (χ4n) is 2.86. The summed E-state index contributed by atoms with van der Waals surface area (Å²) < 4.78 is 69.3. The number of rotatable bonds is 7. The van der Waals surface area contributed by atoms with Gasteiger partial charge in [-0.3, -0.25) is 19.6 Å². The third-order valence-corrected chi connectivity index (χ3v) is 7.42. The molecule has 0 fully saturated rings. The van der Waals surface area contributed by atoms with Gasteiger partial charge in [-0.25, -0.2) is 21.2 Å². The van der Waals surface area contributed by atoms with Crippen molar-refractivity contribution in [3.05, 3.63) is 87.7 Å². The Labute approximate surface area is 184 Å². The second-order valence-electron chi connectivity index (χ2n) is 6.88. The minimum absolute atomic E-state index is 0.0901. The van der Waals surface area contributed by atoms with Crippen LogP contribution in [0.3, 0.4) is 0 Å². The van der Waals surface area contributed by atoms with Crippen molar-refractivity contribution < 1.29 is 26.1 Å². The van der Waals surface area contributed by atoms with Gasteiger partial charge in [-0.15, -0.1) is 0 Å². The van der Waals surface area contributed by atoms with E-state index in [2.05, 4.69) is 9.44 Å². The molecule has 0 amide bonds.